The molecule has 0 saturated heterocycles. The summed E-state index contributed by atoms with van der Waals surface area (Å²) in [4.78, 5) is 21.0. The Hall–Kier alpha value is -3.22. The van der Waals surface area contributed by atoms with Gasteiger partial charge in [0.05, 0.1) is 16.8 Å². The van der Waals surface area contributed by atoms with Crippen molar-refractivity contribution in [2.24, 2.45) is 0 Å². The Morgan fingerprint density at radius 3 is 2.11 bits per heavy atom. The van der Waals surface area contributed by atoms with Crippen LogP contribution in [0, 0.1) is 20.8 Å². The number of rotatable bonds is 3. The van der Waals surface area contributed by atoms with Gasteiger partial charge in [-0.3, -0.25) is 4.79 Å². The zero-order chi connectivity index (χ0) is 20.5. The van der Waals surface area contributed by atoms with Gasteiger partial charge in [-0.05, 0) is 56.2 Å². The van der Waals surface area contributed by atoms with E-state index in [0.29, 0.717) is 22.5 Å². The molecule has 28 heavy (non-hydrogen) atoms. The molecule has 1 N–H and O–H groups in total. The van der Waals surface area contributed by atoms with E-state index in [1.807, 2.05) is 32.0 Å². The number of nitrogens with zero attached hydrogens (tertiary/aromatic N) is 2. The molecule has 4 nitrogen and oxygen atoms in total. The lowest BCUT2D eigenvalue weighted by Crippen LogP contribution is -2.15. The predicted octanol–water partition coefficient (Wildman–Crippen LogP) is 5.34. The van der Waals surface area contributed by atoms with Crippen molar-refractivity contribution in [3.8, 4) is 11.4 Å². The van der Waals surface area contributed by atoms with Gasteiger partial charge in [-0.25, -0.2) is 9.97 Å². The summed E-state index contributed by atoms with van der Waals surface area (Å²) in [5.41, 5.74) is 3.17. The van der Waals surface area contributed by atoms with Crippen molar-refractivity contribution in [1.29, 1.82) is 0 Å². The molecule has 1 heterocycles. The molecule has 0 saturated carbocycles. The van der Waals surface area contributed by atoms with E-state index in [2.05, 4.69) is 15.3 Å². The van der Waals surface area contributed by atoms with Crippen LogP contribution in [-0.4, -0.2) is 15.9 Å². The van der Waals surface area contributed by atoms with Gasteiger partial charge in [-0.15, -0.1) is 0 Å². The van der Waals surface area contributed by atoms with Crippen LogP contribution in [-0.2, 0) is 6.18 Å². The lowest BCUT2D eigenvalue weighted by molar-refractivity contribution is -0.137. The fourth-order valence-corrected chi connectivity index (χ4v) is 2.88. The second kappa shape index (κ2) is 7.42. The average Bonchev–Trinajstić information content (AvgIpc) is 2.60. The highest BCUT2D eigenvalue weighted by molar-refractivity contribution is 6.05. The first-order chi connectivity index (χ1) is 13.1. The largest absolute Gasteiger partial charge is 0.416 e. The Morgan fingerprint density at radius 1 is 0.964 bits per heavy atom. The monoisotopic (exact) mass is 385 g/mol. The van der Waals surface area contributed by atoms with Crippen molar-refractivity contribution in [1.82, 2.24) is 9.97 Å². The van der Waals surface area contributed by atoms with Crippen LogP contribution in [0.3, 0.4) is 0 Å². The van der Waals surface area contributed by atoms with Crippen LogP contribution < -0.4 is 5.32 Å². The topological polar surface area (TPSA) is 54.9 Å². The van der Waals surface area contributed by atoms with Gasteiger partial charge in [-0.1, -0.05) is 18.2 Å². The van der Waals surface area contributed by atoms with Crippen LogP contribution in [0.2, 0.25) is 0 Å². The third kappa shape index (κ3) is 4.36. The Balaban J connectivity index is 1.82. The van der Waals surface area contributed by atoms with E-state index in [0.717, 1.165) is 23.3 Å². The Bertz CT molecular complexity index is 1010. The number of aryl methyl sites for hydroxylation is 3. The normalized spacial score (nSPS) is 11.4. The standard InChI is InChI=1S/C21H18F3N3O/c1-12-8-13(2)10-17(9-12)27-20(28)18-11-25-19(26-14(18)3)15-4-6-16(7-5-15)21(22,23)24/h4-11H,1-3H3,(H,27,28). The zero-order valence-corrected chi connectivity index (χ0v) is 15.6. The molecule has 0 fully saturated rings. The second-order valence-electron chi connectivity index (χ2n) is 6.60. The molecule has 1 aromatic heterocycles. The average molecular weight is 385 g/mol. The summed E-state index contributed by atoms with van der Waals surface area (Å²) < 4.78 is 38.0. The van der Waals surface area contributed by atoms with Gasteiger partial charge in [0.25, 0.3) is 5.91 Å². The van der Waals surface area contributed by atoms with E-state index < -0.39 is 11.7 Å². The van der Waals surface area contributed by atoms with Gasteiger partial charge in [-0.2, -0.15) is 13.2 Å². The molecule has 0 unspecified atom stereocenters. The number of aromatic nitrogens is 2. The first kappa shape index (κ1) is 19.5. The van der Waals surface area contributed by atoms with Gasteiger partial charge in [0.2, 0.25) is 0 Å². The number of anilines is 1. The Kier molecular flexibility index (Phi) is 5.18. The lowest BCUT2D eigenvalue weighted by atomic mass is 10.1. The highest BCUT2D eigenvalue weighted by Crippen LogP contribution is 2.30. The SMILES string of the molecule is Cc1cc(C)cc(NC(=O)c2cnc(-c3ccc(C(F)(F)F)cc3)nc2C)c1. The summed E-state index contributed by atoms with van der Waals surface area (Å²) in [7, 11) is 0. The Labute approximate surface area is 160 Å². The van der Waals surface area contributed by atoms with Crippen molar-refractivity contribution >= 4 is 11.6 Å². The molecule has 0 bridgehead atoms. The van der Waals surface area contributed by atoms with E-state index in [1.165, 1.54) is 18.3 Å². The van der Waals surface area contributed by atoms with Crippen molar-refractivity contribution in [3.63, 3.8) is 0 Å². The summed E-state index contributed by atoms with van der Waals surface area (Å²) >= 11 is 0. The van der Waals surface area contributed by atoms with E-state index in [4.69, 9.17) is 0 Å². The smallest absolute Gasteiger partial charge is 0.322 e. The van der Waals surface area contributed by atoms with Crippen molar-refractivity contribution in [2.45, 2.75) is 26.9 Å². The zero-order valence-electron chi connectivity index (χ0n) is 15.6. The summed E-state index contributed by atoms with van der Waals surface area (Å²) in [6, 6.07) is 10.3. The van der Waals surface area contributed by atoms with Gasteiger partial charge < -0.3 is 5.32 Å². The number of alkyl halides is 3. The minimum Gasteiger partial charge on any atom is -0.322 e. The fraction of sp³-hybridized carbons (Fsp3) is 0.190. The molecule has 2 aromatic carbocycles. The van der Waals surface area contributed by atoms with Crippen molar-refractivity contribution < 1.29 is 18.0 Å². The molecule has 0 radical (unpaired) electrons. The summed E-state index contributed by atoms with van der Waals surface area (Å²) in [6.07, 6.45) is -3.02. The third-order valence-corrected chi connectivity index (χ3v) is 4.17. The number of benzene rings is 2. The van der Waals surface area contributed by atoms with E-state index >= 15 is 0 Å². The number of carbonyl (C=O) groups is 1. The number of carbonyl (C=O) groups excluding carboxylic acids is 1. The minimum atomic E-state index is -4.40. The number of hydrogen-bond acceptors (Lipinski definition) is 3. The van der Waals surface area contributed by atoms with E-state index in [1.54, 1.807) is 6.92 Å². The van der Waals surface area contributed by atoms with Crippen LogP contribution in [0.25, 0.3) is 11.4 Å². The highest BCUT2D eigenvalue weighted by atomic mass is 19.4. The number of amides is 1. The van der Waals surface area contributed by atoms with Crippen LogP contribution in [0.4, 0.5) is 18.9 Å². The molecule has 0 aliphatic rings. The highest BCUT2D eigenvalue weighted by Gasteiger charge is 2.30. The van der Waals surface area contributed by atoms with Crippen LogP contribution in [0.1, 0.15) is 32.7 Å². The maximum Gasteiger partial charge on any atom is 0.416 e. The van der Waals surface area contributed by atoms with Crippen LogP contribution in [0.15, 0.2) is 48.7 Å². The number of hydrogen-bond donors (Lipinski definition) is 1. The molecule has 0 spiro atoms. The van der Waals surface area contributed by atoms with E-state index in [9.17, 15) is 18.0 Å². The van der Waals surface area contributed by atoms with Gasteiger partial charge >= 0.3 is 6.18 Å². The molecule has 1 amide bonds. The van der Waals surface area contributed by atoms with Gasteiger partial charge in [0.15, 0.2) is 5.82 Å². The van der Waals surface area contributed by atoms with Crippen molar-refractivity contribution in [2.75, 3.05) is 5.32 Å². The van der Waals surface area contributed by atoms with E-state index in [-0.39, 0.29) is 11.7 Å². The number of halogens is 3. The van der Waals surface area contributed by atoms with Crippen LogP contribution in [0.5, 0.6) is 0 Å². The summed E-state index contributed by atoms with van der Waals surface area (Å²) in [5, 5.41) is 2.82. The molecule has 7 heteroatoms. The molecule has 3 rings (SSSR count). The molecular formula is C21H18F3N3O. The first-order valence-corrected chi connectivity index (χ1v) is 8.54. The van der Waals surface area contributed by atoms with Crippen molar-refractivity contribution in [3.05, 3.63) is 76.6 Å². The minimum absolute atomic E-state index is 0.258. The molecule has 0 aliphatic carbocycles. The number of nitrogens with one attached hydrogen (secondary N) is 1. The van der Waals surface area contributed by atoms with Gasteiger partial charge in [0.1, 0.15) is 0 Å². The maximum absolute atomic E-state index is 12.7. The predicted molar refractivity (Wildman–Crippen MR) is 101 cm³/mol. The fourth-order valence-electron chi connectivity index (χ4n) is 2.88. The molecule has 3 aromatic rings. The molecule has 0 aliphatic heterocycles. The molecular weight excluding hydrogens is 367 g/mol. The molecule has 144 valence electrons. The molecule has 0 atom stereocenters. The third-order valence-electron chi connectivity index (χ3n) is 4.17. The second-order valence-corrected chi connectivity index (χ2v) is 6.60. The van der Waals surface area contributed by atoms with Gasteiger partial charge in [0, 0.05) is 17.4 Å². The quantitative estimate of drug-likeness (QED) is 0.662. The first-order valence-electron chi connectivity index (χ1n) is 8.54. The summed E-state index contributed by atoms with van der Waals surface area (Å²) in [6.45, 7) is 5.54. The lowest BCUT2D eigenvalue weighted by Gasteiger charge is -2.10. The van der Waals surface area contributed by atoms with Crippen LogP contribution >= 0.6 is 0 Å². The Morgan fingerprint density at radius 2 is 1.57 bits per heavy atom. The maximum atomic E-state index is 12.7. The summed E-state index contributed by atoms with van der Waals surface area (Å²) in [5.74, 6) is -0.0874.